The summed E-state index contributed by atoms with van der Waals surface area (Å²) in [5.41, 5.74) is 0. The van der Waals surface area contributed by atoms with Crippen LogP contribution in [0.1, 0.15) is 0 Å². The van der Waals surface area contributed by atoms with Crippen molar-refractivity contribution in [2.45, 2.75) is 0 Å². The summed E-state index contributed by atoms with van der Waals surface area (Å²) in [4.78, 5) is 3.99. The van der Waals surface area contributed by atoms with Gasteiger partial charge in [0.05, 0.1) is 18.7 Å². The van der Waals surface area contributed by atoms with E-state index in [4.69, 9.17) is 21.1 Å². The van der Waals surface area contributed by atoms with Crippen LogP contribution in [-0.4, -0.2) is 19.2 Å². The molecular formula is C7H7BrClNO2. The molecule has 0 saturated carbocycles. The lowest BCUT2D eigenvalue weighted by Gasteiger charge is -2.05. The molecule has 3 nitrogen and oxygen atoms in total. The third-order valence-corrected chi connectivity index (χ3v) is 2.09. The average molecular weight is 252 g/mol. The number of methoxy groups -OCH3 is 2. The maximum atomic E-state index is 5.79. The van der Waals surface area contributed by atoms with E-state index in [0.717, 1.165) is 0 Å². The molecular weight excluding hydrogens is 245 g/mol. The molecule has 0 radical (unpaired) electrons. The van der Waals surface area contributed by atoms with Crippen LogP contribution in [0.3, 0.4) is 0 Å². The van der Waals surface area contributed by atoms with Crippen molar-refractivity contribution in [2.24, 2.45) is 0 Å². The third kappa shape index (κ3) is 1.81. The van der Waals surface area contributed by atoms with Gasteiger partial charge in [0, 0.05) is 0 Å². The van der Waals surface area contributed by atoms with Crippen LogP contribution in [0.5, 0.6) is 11.8 Å². The monoisotopic (exact) mass is 251 g/mol. The summed E-state index contributed by atoms with van der Waals surface area (Å²) in [7, 11) is 3.03. The Bertz CT molecular complexity index is 268. The highest BCUT2D eigenvalue weighted by Crippen LogP contribution is 2.31. The number of nitrogens with zero attached hydrogens (tertiary/aromatic N) is 1. The van der Waals surface area contributed by atoms with E-state index in [-0.39, 0.29) is 0 Å². The zero-order valence-electron chi connectivity index (χ0n) is 6.60. The van der Waals surface area contributed by atoms with E-state index < -0.39 is 0 Å². The van der Waals surface area contributed by atoms with E-state index in [2.05, 4.69) is 20.9 Å². The van der Waals surface area contributed by atoms with E-state index in [1.54, 1.807) is 6.07 Å². The predicted octanol–water partition coefficient (Wildman–Crippen LogP) is 2.51. The molecule has 0 fully saturated rings. The zero-order chi connectivity index (χ0) is 9.14. The molecule has 0 amide bonds. The number of hydrogen-bond donors (Lipinski definition) is 0. The van der Waals surface area contributed by atoms with Crippen molar-refractivity contribution < 1.29 is 9.47 Å². The average Bonchev–Trinajstić information content (AvgIpc) is 2.05. The predicted molar refractivity (Wildman–Crippen MR) is 50.1 cm³/mol. The van der Waals surface area contributed by atoms with Gasteiger partial charge in [0.25, 0.3) is 0 Å². The van der Waals surface area contributed by atoms with Crippen LogP contribution >= 0.6 is 27.5 Å². The largest absolute Gasteiger partial charge is 0.480 e. The molecule has 1 aromatic rings. The van der Waals surface area contributed by atoms with Gasteiger partial charge in [-0.05, 0) is 22.0 Å². The Labute approximate surface area is 83.8 Å². The number of rotatable bonds is 2. The maximum Gasteiger partial charge on any atom is 0.235 e. The molecule has 1 rings (SSSR count). The van der Waals surface area contributed by atoms with Crippen molar-refractivity contribution >= 4 is 27.5 Å². The van der Waals surface area contributed by atoms with Gasteiger partial charge in [-0.3, -0.25) is 0 Å². The molecule has 0 aliphatic carbocycles. The molecule has 12 heavy (non-hydrogen) atoms. The van der Waals surface area contributed by atoms with Gasteiger partial charge in [0.15, 0.2) is 0 Å². The van der Waals surface area contributed by atoms with Crippen molar-refractivity contribution in [3.05, 3.63) is 15.6 Å². The molecule has 0 saturated heterocycles. The van der Waals surface area contributed by atoms with Crippen LogP contribution in [0, 0.1) is 0 Å². The summed E-state index contributed by atoms with van der Waals surface area (Å²) < 4.78 is 10.5. The number of ether oxygens (including phenoxy) is 2. The Kier molecular flexibility index (Phi) is 3.17. The first-order valence-corrected chi connectivity index (χ1v) is 4.30. The highest BCUT2D eigenvalue weighted by atomic mass is 79.9. The minimum atomic E-state index is 0.358. The molecule has 0 atom stereocenters. The van der Waals surface area contributed by atoms with Crippen molar-refractivity contribution in [1.82, 2.24) is 4.98 Å². The molecule has 0 aromatic carbocycles. The summed E-state index contributed by atoms with van der Waals surface area (Å²) in [6.07, 6.45) is 0. The molecule has 5 heteroatoms. The van der Waals surface area contributed by atoms with E-state index in [0.29, 0.717) is 21.3 Å². The van der Waals surface area contributed by atoms with Gasteiger partial charge in [-0.15, -0.1) is 0 Å². The summed E-state index contributed by atoms with van der Waals surface area (Å²) >= 11 is 9.03. The van der Waals surface area contributed by atoms with E-state index >= 15 is 0 Å². The second kappa shape index (κ2) is 3.96. The Balaban J connectivity index is 3.18. The molecule has 0 aliphatic heterocycles. The molecule has 66 valence electrons. The standard InChI is InChI=1S/C7H7BrClNO2/c1-11-6-4(8)3-5(9)7(10-6)12-2/h3H,1-2H3. The first-order chi connectivity index (χ1) is 5.69. The fraction of sp³-hybridized carbons (Fsp3) is 0.286. The molecule has 1 aromatic heterocycles. The fourth-order valence-corrected chi connectivity index (χ4v) is 1.56. The maximum absolute atomic E-state index is 5.79. The normalized spacial score (nSPS) is 9.67. The second-order valence-corrected chi connectivity index (χ2v) is 3.23. The quantitative estimate of drug-likeness (QED) is 0.810. The smallest absolute Gasteiger partial charge is 0.235 e. The number of halogens is 2. The SMILES string of the molecule is COc1nc(OC)c(Br)cc1Cl. The Morgan fingerprint density at radius 2 is 1.92 bits per heavy atom. The molecule has 0 bridgehead atoms. The van der Waals surface area contributed by atoms with Crippen LogP contribution in [0.4, 0.5) is 0 Å². The number of hydrogen-bond acceptors (Lipinski definition) is 3. The molecule has 0 N–H and O–H groups in total. The first-order valence-electron chi connectivity index (χ1n) is 3.13. The van der Waals surface area contributed by atoms with Gasteiger partial charge in [-0.2, -0.15) is 4.98 Å². The van der Waals surface area contributed by atoms with Gasteiger partial charge in [0.2, 0.25) is 11.8 Å². The van der Waals surface area contributed by atoms with Crippen molar-refractivity contribution in [2.75, 3.05) is 14.2 Å². The van der Waals surface area contributed by atoms with Crippen molar-refractivity contribution in [3.8, 4) is 11.8 Å². The lowest BCUT2D eigenvalue weighted by molar-refractivity contribution is 0.363. The molecule has 0 spiro atoms. The van der Waals surface area contributed by atoms with Gasteiger partial charge in [0.1, 0.15) is 5.02 Å². The highest BCUT2D eigenvalue weighted by molar-refractivity contribution is 9.10. The van der Waals surface area contributed by atoms with Crippen LogP contribution in [0.25, 0.3) is 0 Å². The molecule has 0 unspecified atom stereocenters. The molecule has 0 aliphatic rings. The Morgan fingerprint density at radius 1 is 1.33 bits per heavy atom. The zero-order valence-corrected chi connectivity index (χ0v) is 8.94. The summed E-state index contributed by atoms with van der Waals surface area (Å²) in [6, 6.07) is 1.67. The third-order valence-electron chi connectivity index (χ3n) is 1.25. The lowest BCUT2D eigenvalue weighted by atomic mass is 10.5. The van der Waals surface area contributed by atoms with E-state index in [1.165, 1.54) is 14.2 Å². The van der Waals surface area contributed by atoms with Gasteiger partial charge >= 0.3 is 0 Å². The van der Waals surface area contributed by atoms with Crippen molar-refractivity contribution in [1.29, 1.82) is 0 Å². The minimum absolute atomic E-state index is 0.358. The number of aromatic nitrogens is 1. The topological polar surface area (TPSA) is 31.4 Å². The first kappa shape index (κ1) is 9.61. The highest BCUT2D eigenvalue weighted by Gasteiger charge is 2.08. The molecule has 1 heterocycles. The summed E-state index contributed by atoms with van der Waals surface area (Å²) in [6.45, 7) is 0. The van der Waals surface area contributed by atoms with Gasteiger partial charge in [-0.1, -0.05) is 11.6 Å². The van der Waals surface area contributed by atoms with Crippen LogP contribution in [0.15, 0.2) is 10.5 Å². The van der Waals surface area contributed by atoms with Gasteiger partial charge < -0.3 is 9.47 Å². The van der Waals surface area contributed by atoms with Crippen LogP contribution < -0.4 is 9.47 Å². The second-order valence-electron chi connectivity index (χ2n) is 1.97. The lowest BCUT2D eigenvalue weighted by Crippen LogP contribution is -1.93. The summed E-state index contributed by atoms with van der Waals surface area (Å²) in [5.74, 6) is 0.813. The van der Waals surface area contributed by atoms with E-state index in [9.17, 15) is 0 Å². The van der Waals surface area contributed by atoms with E-state index in [1.807, 2.05) is 0 Å². The number of pyridine rings is 1. The minimum Gasteiger partial charge on any atom is -0.480 e. The van der Waals surface area contributed by atoms with Crippen LogP contribution in [-0.2, 0) is 0 Å². The van der Waals surface area contributed by atoms with Crippen molar-refractivity contribution in [3.63, 3.8) is 0 Å². The fourth-order valence-electron chi connectivity index (χ4n) is 0.720. The Hall–Kier alpha value is -0.480. The summed E-state index contributed by atoms with van der Waals surface area (Å²) in [5, 5.41) is 0.449. The van der Waals surface area contributed by atoms with Crippen LogP contribution in [0.2, 0.25) is 5.02 Å². The van der Waals surface area contributed by atoms with Gasteiger partial charge in [-0.25, -0.2) is 0 Å². The Morgan fingerprint density at radius 3 is 2.42 bits per heavy atom.